The Kier molecular flexibility index (Phi) is 9.61. The number of aliphatic carboxylic acids is 2. The van der Waals surface area contributed by atoms with Crippen LogP contribution in [0.2, 0.25) is 0 Å². The molecule has 0 fully saturated rings. The van der Waals surface area contributed by atoms with Gasteiger partial charge in [-0.3, -0.25) is 0 Å². The molecule has 1 aromatic carbocycles. The first kappa shape index (κ1) is 23.3. The second-order valence-corrected chi connectivity index (χ2v) is 3.48. The lowest BCUT2D eigenvalue weighted by molar-refractivity contribution is -0.193. The highest BCUT2D eigenvalue weighted by molar-refractivity contribution is 5.78. The van der Waals surface area contributed by atoms with Crippen LogP contribution in [0.4, 0.5) is 32.0 Å². The second kappa shape index (κ2) is 9.91. The SMILES string of the molecule is NC(N)=Nc1ccccc1.O=C(O)C(F)(F)F.O=C(O)C(F)(F)F. The number of carboxylic acids is 2. The monoisotopic (exact) mass is 363 g/mol. The molecule has 0 heterocycles. The van der Waals surface area contributed by atoms with Crippen molar-refractivity contribution in [1.29, 1.82) is 0 Å². The fraction of sp³-hybridized carbons (Fsp3) is 0.182. The van der Waals surface area contributed by atoms with Gasteiger partial charge in [-0.1, -0.05) is 18.2 Å². The molecule has 24 heavy (non-hydrogen) atoms. The molecule has 0 radical (unpaired) electrons. The summed E-state index contributed by atoms with van der Waals surface area (Å²) in [4.78, 5) is 21.6. The zero-order valence-electron chi connectivity index (χ0n) is 11.5. The van der Waals surface area contributed by atoms with Crippen molar-refractivity contribution in [3.05, 3.63) is 30.3 Å². The highest BCUT2D eigenvalue weighted by atomic mass is 19.4. The molecule has 136 valence electrons. The number of guanidine groups is 1. The van der Waals surface area contributed by atoms with E-state index in [1.54, 1.807) is 0 Å². The van der Waals surface area contributed by atoms with Crippen molar-refractivity contribution in [2.24, 2.45) is 16.5 Å². The summed E-state index contributed by atoms with van der Waals surface area (Å²) in [6.07, 6.45) is -10.2. The molecule has 0 aliphatic heterocycles. The first-order valence-electron chi connectivity index (χ1n) is 5.42. The van der Waals surface area contributed by atoms with E-state index >= 15 is 0 Å². The topological polar surface area (TPSA) is 139 Å². The number of hydrogen-bond acceptors (Lipinski definition) is 3. The number of nitrogens with zero attached hydrogens (tertiary/aromatic N) is 1. The van der Waals surface area contributed by atoms with E-state index in [2.05, 4.69) is 4.99 Å². The molecule has 0 saturated carbocycles. The van der Waals surface area contributed by atoms with Gasteiger partial charge in [-0.15, -0.1) is 0 Å². The first-order chi connectivity index (χ1) is 10.7. The minimum Gasteiger partial charge on any atom is -0.475 e. The smallest absolute Gasteiger partial charge is 0.475 e. The summed E-state index contributed by atoms with van der Waals surface area (Å²) in [7, 11) is 0. The third-order valence-corrected chi connectivity index (χ3v) is 1.50. The van der Waals surface area contributed by atoms with Crippen LogP contribution in [0, 0.1) is 0 Å². The molecule has 0 unspecified atom stereocenters. The molecule has 0 spiro atoms. The van der Waals surface area contributed by atoms with Crippen molar-refractivity contribution in [2.45, 2.75) is 12.4 Å². The molecule has 1 aromatic rings. The van der Waals surface area contributed by atoms with Crippen LogP contribution in [0.3, 0.4) is 0 Å². The lowest BCUT2D eigenvalue weighted by Crippen LogP contribution is -2.21. The summed E-state index contributed by atoms with van der Waals surface area (Å²) < 4.78 is 63.5. The van der Waals surface area contributed by atoms with E-state index in [0.29, 0.717) is 0 Å². The maximum absolute atomic E-state index is 10.6. The van der Waals surface area contributed by atoms with E-state index < -0.39 is 24.3 Å². The average molecular weight is 363 g/mol. The second-order valence-electron chi connectivity index (χ2n) is 3.48. The summed E-state index contributed by atoms with van der Waals surface area (Å²) in [5, 5.41) is 14.2. The Balaban J connectivity index is 0. The lowest BCUT2D eigenvalue weighted by Gasteiger charge is -1.93. The maximum Gasteiger partial charge on any atom is 0.490 e. The van der Waals surface area contributed by atoms with Crippen LogP contribution in [0.25, 0.3) is 0 Å². The Bertz CT molecular complexity index is 529. The van der Waals surface area contributed by atoms with Gasteiger partial charge in [-0.2, -0.15) is 26.3 Å². The predicted octanol–water partition coefficient (Wildman–Crippen LogP) is 1.86. The van der Waals surface area contributed by atoms with Crippen molar-refractivity contribution in [1.82, 2.24) is 0 Å². The summed E-state index contributed by atoms with van der Waals surface area (Å²) in [6, 6.07) is 9.33. The summed E-state index contributed by atoms with van der Waals surface area (Å²) >= 11 is 0. The van der Waals surface area contributed by atoms with Crippen LogP contribution in [0.1, 0.15) is 0 Å². The highest BCUT2D eigenvalue weighted by Gasteiger charge is 2.38. The normalized spacial score (nSPS) is 10.2. The van der Waals surface area contributed by atoms with E-state index in [0.717, 1.165) is 5.69 Å². The molecular weight excluding hydrogens is 352 g/mol. The molecular formula is C11H11F6N3O4. The van der Waals surface area contributed by atoms with Crippen LogP contribution in [-0.2, 0) is 9.59 Å². The molecule has 6 N–H and O–H groups in total. The number of rotatable bonds is 1. The van der Waals surface area contributed by atoms with Gasteiger partial charge in [0.05, 0.1) is 5.69 Å². The highest BCUT2D eigenvalue weighted by Crippen LogP contribution is 2.13. The number of hydrogen-bond donors (Lipinski definition) is 4. The summed E-state index contributed by atoms with van der Waals surface area (Å²) in [5.41, 5.74) is 11.1. The van der Waals surface area contributed by atoms with E-state index in [1.807, 2.05) is 30.3 Å². The standard InChI is InChI=1S/C7H9N3.2C2HF3O2/c8-7(9)10-6-4-2-1-3-5-6;2*3-2(4,5)1(6)7/h1-5H,(H4,8,9,10);2*(H,6,7). The van der Waals surface area contributed by atoms with Gasteiger partial charge in [0.2, 0.25) is 0 Å². The van der Waals surface area contributed by atoms with Gasteiger partial charge in [0, 0.05) is 0 Å². The maximum atomic E-state index is 10.6. The third kappa shape index (κ3) is 14.0. The number of carboxylic acid groups (broad SMARTS) is 2. The van der Waals surface area contributed by atoms with Crippen LogP contribution in [0.5, 0.6) is 0 Å². The molecule has 0 aliphatic rings. The molecule has 0 aromatic heterocycles. The lowest BCUT2D eigenvalue weighted by atomic mass is 10.3. The minimum absolute atomic E-state index is 0.0891. The Morgan fingerprint density at radius 1 is 0.833 bits per heavy atom. The number of para-hydroxylation sites is 1. The van der Waals surface area contributed by atoms with Crippen molar-refractivity contribution >= 4 is 23.6 Å². The van der Waals surface area contributed by atoms with Gasteiger partial charge < -0.3 is 21.7 Å². The fourth-order valence-electron chi connectivity index (χ4n) is 0.652. The average Bonchev–Trinajstić information content (AvgIpc) is 2.38. The Morgan fingerprint density at radius 2 is 1.12 bits per heavy atom. The van der Waals surface area contributed by atoms with Crippen molar-refractivity contribution < 1.29 is 46.1 Å². The zero-order valence-corrected chi connectivity index (χ0v) is 11.5. The number of halogens is 6. The minimum atomic E-state index is -5.08. The van der Waals surface area contributed by atoms with Crippen LogP contribution < -0.4 is 11.5 Å². The van der Waals surface area contributed by atoms with Gasteiger partial charge in [0.25, 0.3) is 0 Å². The molecule has 0 saturated heterocycles. The van der Waals surface area contributed by atoms with Crippen LogP contribution in [0.15, 0.2) is 35.3 Å². The Labute approximate surface area is 130 Å². The summed E-state index contributed by atoms with van der Waals surface area (Å²) in [5.74, 6) is -5.42. The molecule has 0 bridgehead atoms. The first-order valence-corrected chi connectivity index (χ1v) is 5.42. The molecule has 1 rings (SSSR count). The van der Waals surface area contributed by atoms with E-state index in [9.17, 15) is 26.3 Å². The number of aliphatic imine (C=N–C) groups is 1. The van der Waals surface area contributed by atoms with Crippen LogP contribution >= 0.6 is 0 Å². The number of carbonyl (C=O) groups is 2. The predicted molar refractivity (Wildman–Crippen MR) is 69.3 cm³/mol. The number of nitrogens with two attached hydrogens (primary N) is 2. The van der Waals surface area contributed by atoms with Crippen molar-refractivity contribution in [3.8, 4) is 0 Å². The van der Waals surface area contributed by atoms with Crippen molar-refractivity contribution in [3.63, 3.8) is 0 Å². The fourth-order valence-corrected chi connectivity index (χ4v) is 0.652. The zero-order chi connectivity index (χ0) is 19.6. The van der Waals surface area contributed by atoms with E-state index in [-0.39, 0.29) is 5.96 Å². The number of alkyl halides is 6. The quantitative estimate of drug-likeness (QED) is 0.341. The number of benzene rings is 1. The summed E-state index contributed by atoms with van der Waals surface area (Å²) in [6.45, 7) is 0. The van der Waals surface area contributed by atoms with Gasteiger partial charge in [0.1, 0.15) is 0 Å². The Hall–Kier alpha value is -2.99. The third-order valence-electron chi connectivity index (χ3n) is 1.50. The van der Waals surface area contributed by atoms with Gasteiger partial charge in [-0.25, -0.2) is 14.6 Å². The van der Waals surface area contributed by atoms with Gasteiger partial charge >= 0.3 is 24.3 Å². The molecule has 7 nitrogen and oxygen atoms in total. The Morgan fingerprint density at radius 3 is 1.33 bits per heavy atom. The molecule has 0 atom stereocenters. The van der Waals surface area contributed by atoms with Crippen molar-refractivity contribution in [2.75, 3.05) is 0 Å². The van der Waals surface area contributed by atoms with E-state index in [4.69, 9.17) is 31.3 Å². The largest absolute Gasteiger partial charge is 0.490 e. The molecule has 0 aliphatic carbocycles. The van der Waals surface area contributed by atoms with Crippen LogP contribution in [-0.4, -0.2) is 40.5 Å². The van der Waals surface area contributed by atoms with E-state index in [1.165, 1.54) is 0 Å². The van der Waals surface area contributed by atoms with Gasteiger partial charge in [-0.05, 0) is 12.1 Å². The van der Waals surface area contributed by atoms with Gasteiger partial charge in [0.15, 0.2) is 5.96 Å². The molecule has 0 amide bonds. The molecule has 13 heteroatoms.